The van der Waals surface area contributed by atoms with Gasteiger partial charge in [0.2, 0.25) is 11.4 Å². The number of fused-ring (bicyclic) bond motifs is 8. The first-order chi connectivity index (χ1) is 28.8. The number of methoxy groups -OCH3 is 1. The Labute approximate surface area is 355 Å². The molecule has 2 N–H and O–H groups in total. The van der Waals surface area contributed by atoms with Crippen LogP contribution in [0.2, 0.25) is 0 Å². The van der Waals surface area contributed by atoms with Gasteiger partial charge in [-0.1, -0.05) is 33.8 Å². The van der Waals surface area contributed by atoms with Crippen LogP contribution in [0.1, 0.15) is 75.7 Å². The van der Waals surface area contributed by atoms with Gasteiger partial charge in [0.15, 0.2) is 0 Å². The van der Waals surface area contributed by atoms with Crippen molar-refractivity contribution >= 4 is 54.6 Å². The summed E-state index contributed by atoms with van der Waals surface area (Å²) in [4.78, 5) is 72.3. The summed E-state index contributed by atoms with van der Waals surface area (Å²) in [6.07, 6.45) is 2.39. The molecule has 6 bridgehead atoms. The SMILES string of the molecule is CCn1c2c3c4cc(ccc41)-c1csc(n1)C[Si](NC(=O)[C@H](C(C)C)N(C)C(=O)N1CC(C#N)C1)C(=O)N1CCC[C@H](N1)C(=O)OCC(C)(C)C3[C@H](OC)c1ncccc1-2. The smallest absolute Gasteiger partial charge is 0.324 e. The maximum absolute atomic E-state index is 14.6. The van der Waals surface area contributed by atoms with E-state index in [2.05, 4.69) is 66.1 Å². The highest BCUT2D eigenvalue weighted by Gasteiger charge is 2.48. The Kier molecular flexibility index (Phi) is 11.3. The molecule has 4 aromatic rings. The van der Waals surface area contributed by atoms with Crippen LogP contribution in [0.5, 0.6) is 0 Å². The number of benzene rings is 1. The number of esters is 1. The van der Waals surface area contributed by atoms with Crippen molar-refractivity contribution in [3.05, 3.63) is 58.2 Å². The van der Waals surface area contributed by atoms with Crippen molar-refractivity contribution in [1.29, 1.82) is 5.26 Å². The maximum atomic E-state index is 14.6. The van der Waals surface area contributed by atoms with E-state index in [1.54, 1.807) is 25.3 Å². The molecule has 1 aliphatic carbocycles. The second-order valence-electron chi connectivity index (χ2n) is 17.3. The van der Waals surface area contributed by atoms with E-state index >= 15 is 0 Å². The minimum Gasteiger partial charge on any atom is -0.464 e. The average Bonchev–Trinajstić information content (AvgIpc) is 3.83. The minimum absolute atomic E-state index is 0.0839. The standard InChI is InChI=1S/C43H52N9O6SSi/c1-8-51-31-14-13-26-17-28(31)33-34(38(57-7)35-27(37(33)51)11-9-15-45-35)43(4,5)23-58-40(54)29-12-10-16-52(47-29)42(56)60(22-32-46-30(26)21-59-32)48-39(53)36(24(2)3)49(6)41(55)50-19-25(18-44)20-50/h9,11,13-15,17,21,24-25,29,34,36,38,47H,8,10,12,16,19-20,22-23H2,1-7H3,(H,48,53)/t29-,34?,36-,38-/m0/s1. The molecule has 4 atom stereocenters. The number of amides is 4. The van der Waals surface area contributed by atoms with Crippen LogP contribution in [0, 0.1) is 28.6 Å². The molecule has 0 saturated carbocycles. The molecule has 15 nitrogen and oxygen atoms in total. The maximum Gasteiger partial charge on any atom is 0.324 e. The van der Waals surface area contributed by atoms with E-state index in [-0.39, 0.29) is 42.0 Å². The lowest BCUT2D eigenvalue weighted by Crippen LogP contribution is -2.64. The third-order valence-electron chi connectivity index (χ3n) is 12.5. The Morgan fingerprint density at radius 3 is 2.73 bits per heavy atom. The average molecular weight is 851 g/mol. The Morgan fingerprint density at radius 2 is 2.02 bits per heavy atom. The monoisotopic (exact) mass is 850 g/mol. The van der Waals surface area contributed by atoms with Crippen LogP contribution in [0.15, 0.2) is 41.9 Å². The highest BCUT2D eigenvalue weighted by molar-refractivity contribution is 7.10. The topological polar surface area (TPSA) is 175 Å². The van der Waals surface area contributed by atoms with Gasteiger partial charge in [-0.3, -0.25) is 24.4 Å². The van der Waals surface area contributed by atoms with Gasteiger partial charge in [-0.25, -0.2) is 15.2 Å². The molecular weight excluding hydrogens is 799 g/mol. The summed E-state index contributed by atoms with van der Waals surface area (Å²) in [5, 5.41) is 14.4. The van der Waals surface area contributed by atoms with Crippen LogP contribution in [-0.4, -0.2) is 114 Å². The van der Waals surface area contributed by atoms with Crippen LogP contribution >= 0.6 is 11.3 Å². The van der Waals surface area contributed by atoms with Gasteiger partial charge in [0.25, 0.3) is 8.96 Å². The van der Waals surface area contributed by atoms with E-state index in [9.17, 15) is 24.4 Å². The first-order valence-electron chi connectivity index (χ1n) is 20.7. The van der Waals surface area contributed by atoms with Gasteiger partial charge < -0.3 is 28.8 Å². The van der Waals surface area contributed by atoms with Gasteiger partial charge >= 0.3 is 12.0 Å². The molecule has 3 aromatic heterocycles. The summed E-state index contributed by atoms with van der Waals surface area (Å²) < 4.78 is 14.9. The number of hydrogen-bond acceptors (Lipinski definition) is 11. The summed E-state index contributed by atoms with van der Waals surface area (Å²) >= 11 is 1.43. The molecule has 2 fully saturated rings. The molecule has 315 valence electrons. The lowest BCUT2D eigenvalue weighted by atomic mass is 9.67. The van der Waals surface area contributed by atoms with Crippen LogP contribution in [0.3, 0.4) is 0 Å². The zero-order valence-corrected chi connectivity index (χ0v) is 37.0. The van der Waals surface area contributed by atoms with E-state index in [1.165, 1.54) is 21.2 Å². The number of nitrogens with zero attached hydrogens (tertiary/aromatic N) is 7. The van der Waals surface area contributed by atoms with Gasteiger partial charge in [-0.15, -0.1) is 11.3 Å². The van der Waals surface area contributed by atoms with E-state index in [0.29, 0.717) is 37.5 Å². The molecule has 60 heavy (non-hydrogen) atoms. The summed E-state index contributed by atoms with van der Waals surface area (Å²) in [5.74, 6) is -1.66. The number of thiazole rings is 1. The molecule has 6 heterocycles. The second kappa shape index (κ2) is 16.4. The molecule has 1 unspecified atom stereocenters. The van der Waals surface area contributed by atoms with Gasteiger partial charge in [0.05, 0.1) is 40.7 Å². The number of pyridine rings is 1. The Balaban J connectivity index is 1.20. The molecule has 17 heteroatoms. The molecule has 4 amide bonds. The minimum atomic E-state index is -2.45. The van der Waals surface area contributed by atoms with Gasteiger partial charge in [-0.2, -0.15) is 5.26 Å². The van der Waals surface area contributed by atoms with E-state index in [4.69, 9.17) is 19.4 Å². The van der Waals surface area contributed by atoms with E-state index < -0.39 is 44.4 Å². The Hall–Kier alpha value is -5.15. The number of aryl methyl sites for hydroxylation is 1. The van der Waals surface area contributed by atoms with Crippen molar-refractivity contribution in [3.63, 3.8) is 0 Å². The second-order valence-corrected chi connectivity index (χ2v) is 20.2. The van der Waals surface area contributed by atoms with Crippen molar-refractivity contribution in [2.75, 3.05) is 40.4 Å². The molecule has 0 spiro atoms. The molecular formula is C43H52N9O6SSi. The number of aromatic nitrogens is 3. The summed E-state index contributed by atoms with van der Waals surface area (Å²) in [6, 6.07) is 10.8. The summed E-state index contributed by atoms with van der Waals surface area (Å²) in [6.45, 7) is 11.8. The van der Waals surface area contributed by atoms with Crippen LogP contribution in [0.4, 0.5) is 9.59 Å². The van der Waals surface area contributed by atoms with Crippen LogP contribution in [-0.2, 0) is 31.7 Å². The quantitative estimate of drug-likeness (QED) is 0.184. The van der Waals surface area contributed by atoms with Gasteiger partial charge in [-0.05, 0) is 55.5 Å². The fourth-order valence-corrected chi connectivity index (χ4v) is 12.5. The number of carbonyl (C=O) groups excluding carboxylic acids is 4. The first-order valence-corrected chi connectivity index (χ1v) is 23.3. The number of likely N-dealkylation sites (N-methyl/N-ethyl adjacent to an activating group) is 1. The number of cyclic esters (lactones) is 1. The highest BCUT2D eigenvalue weighted by atomic mass is 32.1. The molecule has 3 aliphatic heterocycles. The predicted molar refractivity (Wildman–Crippen MR) is 228 cm³/mol. The van der Waals surface area contributed by atoms with Crippen molar-refractivity contribution in [3.8, 4) is 28.6 Å². The molecule has 8 rings (SSSR count). The Bertz CT molecular complexity index is 2380. The predicted octanol–water partition coefficient (Wildman–Crippen LogP) is 5.61. The fourth-order valence-electron chi connectivity index (χ4n) is 9.44. The number of carbonyl (C=O) groups is 4. The normalized spacial score (nSPS) is 22.4. The van der Waals surface area contributed by atoms with Crippen LogP contribution in [0.25, 0.3) is 33.4 Å². The van der Waals surface area contributed by atoms with E-state index in [1.807, 2.05) is 25.3 Å². The number of hydrazine groups is 1. The number of nitriles is 1. The lowest BCUT2D eigenvalue weighted by Gasteiger charge is -2.42. The van der Waals surface area contributed by atoms with Crippen molar-refractivity contribution < 1.29 is 28.7 Å². The molecule has 2 saturated heterocycles. The third-order valence-corrected chi connectivity index (χ3v) is 15.6. The number of urea groups is 1. The highest BCUT2D eigenvalue weighted by Crippen LogP contribution is 2.57. The van der Waals surface area contributed by atoms with Gasteiger partial charge in [0, 0.05) is 91.3 Å². The third kappa shape index (κ3) is 7.26. The number of likely N-dealkylation sites (tertiary alicyclic amines) is 1. The molecule has 4 aliphatic rings. The number of hydrogen-bond donors (Lipinski definition) is 2. The number of nitrogens with one attached hydrogen (secondary N) is 2. The largest absolute Gasteiger partial charge is 0.464 e. The van der Waals surface area contributed by atoms with E-state index in [0.717, 1.165) is 51.2 Å². The van der Waals surface area contributed by atoms with Crippen molar-refractivity contribution in [1.82, 2.24) is 39.8 Å². The van der Waals surface area contributed by atoms with Crippen molar-refractivity contribution in [2.24, 2.45) is 17.3 Å². The summed E-state index contributed by atoms with van der Waals surface area (Å²) in [7, 11) is 0.840. The Morgan fingerprint density at radius 1 is 1.23 bits per heavy atom. The van der Waals surface area contributed by atoms with Gasteiger partial charge in [0.1, 0.15) is 18.2 Å². The first kappa shape index (κ1) is 41.6. The number of ether oxygens (including phenoxy) is 2. The molecule has 1 aromatic carbocycles. The fraction of sp³-hybridized carbons (Fsp3) is 0.512. The number of rotatable bonds is 6. The summed E-state index contributed by atoms with van der Waals surface area (Å²) in [5.41, 5.74) is 8.98. The zero-order chi connectivity index (χ0) is 42.6. The van der Waals surface area contributed by atoms with Crippen molar-refractivity contribution in [2.45, 2.75) is 84.2 Å². The van der Waals surface area contributed by atoms with Crippen LogP contribution < -0.4 is 10.4 Å². The lowest BCUT2D eigenvalue weighted by molar-refractivity contribution is -0.153. The molecule has 1 radical (unpaired) electrons. The zero-order valence-electron chi connectivity index (χ0n) is 35.2.